The van der Waals surface area contributed by atoms with Crippen molar-refractivity contribution in [2.45, 2.75) is 20.3 Å². The molecule has 0 atom stereocenters. The van der Waals surface area contributed by atoms with E-state index in [1.165, 1.54) is 6.20 Å². The minimum Gasteiger partial charge on any atom is -0.372 e. The first-order valence-electron chi connectivity index (χ1n) is 6.24. The lowest BCUT2D eigenvalue weighted by molar-refractivity contribution is 0.0733. The van der Waals surface area contributed by atoms with E-state index in [0.29, 0.717) is 36.9 Å². The number of nitrogens with zero attached hydrogens (tertiary/aromatic N) is 4. The molecule has 1 amide bonds. The van der Waals surface area contributed by atoms with Crippen molar-refractivity contribution in [2.75, 3.05) is 25.5 Å². The summed E-state index contributed by atoms with van der Waals surface area (Å²) in [5, 5.41) is 11.5. The molecule has 0 aliphatic rings. The van der Waals surface area contributed by atoms with Crippen molar-refractivity contribution in [2.24, 2.45) is 5.92 Å². The molecule has 0 bridgehead atoms. The fraction of sp³-hybridized carbons (Fsp3) is 0.538. The van der Waals surface area contributed by atoms with Crippen molar-refractivity contribution in [3.63, 3.8) is 0 Å². The van der Waals surface area contributed by atoms with E-state index < -0.39 is 0 Å². The van der Waals surface area contributed by atoms with Crippen LogP contribution in [0, 0.1) is 17.2 Å². The quantitative estimate of drug-likeness (QED) is 0.839. The Hall–Kier alpha value is -2.16. The Labute approximate surface area is 113 Å². The zero-order valence-corrected chi connectivity index (χ0v) is 11.6. The molecule has 0 aliphatic heterocycles. The summed E-state index contributed by atoms with van der Waals surface area (Å²) in [4.78, 5) is 22.2. The molecule has 6 nitrogen and oxygen atoms in total. The van der Waals surface area contributed by atoms with E-state index in [0.717, 1.165) is 0 Å². The van der Waals surface area contributed by atoms with Gasteiger partial charge in [0.1, 0.15) is 11.5 Å². The summed E-state index contributed by atoms with van der Waals surface area (Å²) < 4.78 is 0. The largest absolute Gasteiger partial charge is 0.372 e. The normalized spacial score (nSPS) is 10.1. The summed E-state index contributed by atoms with van der Waals surface area (Å²) in [6, 6.07) is 2.06. The molecule has 1 N–H and O–H groups in total. The highest BCUT2D eigenvalue weighted by atomic mass is 16.2. The zero-order chi connectivity index (χ0) is 14.3. The molecule has 0 spiro atoms. The summed E-state index contributed by atoms with van der Waals surface area (Å²) in [7, 11) is 1.72. The molecule has 6 heteroatoms. The third kappa shape index (κ3) is 4.54. The molecule has 0 saturated carbocycles. The standard InChI is InChI=1S/C13H19N5O/c1-10(2)9-18(6-4-5-14)13(19)11-7-16-8-12(15-3)17-11/h7-8,10H,4,6,9H2,1-3H3,(H,15,17). The number of carbonyl (C=O) groups is 1. The third-order valence-electron chi connectivity index (χ3n) is 2.48. The van der Waals surface area contributed by atoms with E-state index in [1.54, 1.807) is 18.1 Å². The molecule has 0 aromatic carbocycles. The maximum absolute atomic E-state index is 12.3. The van der Waals surface area contributed by atoms with Crippen LogP contribution in [0.2, 0.25) is 0 Å². The van der Waals surface area contributed by atoms with Gasteiger partial charge < -0.3 is 10.2 Å². The van der Waals surface area contributed by atoms with Crippen molar-refractivity contribution >= 4 is 11.7 Å². The average molecular weight is 261 g/mol. The molecule has 0 aliphatic carbocycles. The lowest BCUT2D eigenvalue weighted by Gasteiger charge is -2.23. The molecule has 0 saturated heterocycles. The first kappa shape index (κ1) is 14.9. The van der Waals surface area contributed by atoms with Crippen LogP contribution in [0.1, 0.15) is 30.8 Å². The monoisotopic (exact) mass is 261 g/mol. The summed E-state index contributed by atoms with van der Waals surface area (Å²) in [6.07, 6.45) is 3.32. The van der Waals surface area contributed by atoms with Crippen molar-refractivity contribution in [3.05, 3.63) is 18.1 Å². The van der Waals surface area contributed by atoms with Crippen LogP contribution in [0.4, 0.5) is 5.82 Å². The second-order valence-corrected chi connectivity index (χ2v) is 4.59. The van der Waals surface area contributed by atoms with Crippen LogP contribution in [0.25, 0.3) is 0 Å². The average Bonchev–Trinajstić information content (AvgIpc) is 2.42. The summed E-state index contributed by atoms with van der Waals surface area (Å²) >= 11 is 0. The van der Waals surface area contributed by atoms with Crippen LogP contribution in [0.5, 0.6) is 0 Å². The number of nitrogens with one attached hydrogen (secondary N) is 1. The van der Waals surface area contributed by atoms with Gasteiger partial charge in [-0.3, -0.25) is 9.78 Å². The van der Waals surface area contributed by atoms with Gasteiger partial charge in [-0.15, -0.1) is 0 Å². The van der Waals surface area contributed by atoms with Gasteiger partial charge in [0.05, 0.1) is 24.9 Å². The smallest absolute Gasteiger partial charge is 0.274 e. The van der Waals surface area contributed by atoms with Crippen molar-refractivity contribution < 1.29 is 4.79 Å². The fourth-order valence-electron chi connectivity index (χ4n) is 1.65. The maximum atomic E-state index is 12.3. The molecule has 0 fully saturated rings. The Morgan fingerprint density at radius 1 is 1.53 bits per heavy atom. The number of hydrogen-bond acceptors (Lipinski definition) is 5. The number of hydrogen-bond donors (Lipinski definition) is 1. The van der Waals surface area contributed by atoms with E-state index in [1.807, 2.05) is 13.8 Å². The van der Waals surface area contributed by atoms with E-state index >= 15 is 0 Å². The molecule has 0 unspecified atom stereocenters. The number of amides is 1. The summed E-state index contributed by atoms with van der Waals surface area (Å²) in [5.74, 6) is 0.701. The minimum atomic E-state index is -0.187. The Morgan fingerprint density at radius 3 is 2.84 bits per heavy atom. The number of aromatic nitrogens is 2. The van der Waals surface area contributed by atoms with Crippen molar-refractivity contribution in [1.29, 1.82) is 5.26 Å². The van der Waals surface area contributed by atoms with E-state index in [2.05, 4.69) is 21.4 Å². The highest BCUT2D eigenvalue weighted by Gasteiger charge is 2.18. The van der Waals surface area contributed by atoms with Gasteiger partial charge in [-0.25, -0.2) is 4.98 Å². The Balaban J connectivity index is 2.87. The Kier molecular flexibility index (Phi) is 5.73. The van der Waals surface area contributed by atoms with Crippen LogP contribution >= 0.6 is 0 Å². The van der Waals surface area contributed by atoms with Crippen molar-refractivity contribution in [1.82, 2.24) is 14.9 Å². The van der Waals surface area contributed by atoms with E-state index in [-0.39, 0.29) is 5.91 Å². The van der Waals surface area contributed by atoms with Crippen LogP contribution in [0.3, 0.4) is 0 Å². The summed E-state index contributed by atoms with van der Waals surface area (Å²) in [6.45, 7) is 5.08. The lowest BCUT2D eigenvalue weighted by atomic mass is 10.2. The van der Waals surface area contributed by atoms with Crippen LogP contribution < -0.4 is 5.32 Å². The predicted octanol–water partition coefficient (Wildman–Crippen LogP) is 1.53. The van der Waals surface area contributed by atoms with Gasteiger partial charge >= 0.3 is 0 Å². The van der Waals surface area contributed by atoms with Gasteiger partial charge in [0.2, 0.25) is 0 Å². The molecule has 1 aromatic rings. The lowest BCUT2D eigenvalue weighted by Crippen LogP contribution is -2.35. The minimum absolute atomic E-state index is 0.187. The van der Waals surface area contributed by atoms with E-state index in [9.17, 15) is 4.79 Å². The first-order chi connectivity index (χ1) is 9.08. The van der Waals surface area contributed by atoms with Gasteiger partial charge in [0.25, 0.3) is 5.91 Å². The second-order valence-electron chi connectivity index (χ2n) is 4.59. The van der Waals surface area contributed by atoms with Gasteiger partial charge in [0, 0.05) is 20.1 Å². The third-order valence-corrected chi connectivity index (χ3v) is 2.48. The molecular formula is C13H19N5O. The second kappa shape index (κ2) is 7.31. The molecule has 19 heavy (non-hydrogen) atoms. The Bertz CT molecular complexity index is 466. The molecule has 1 rings (SSSR count). The molecule has 0 radical (unpaired) electrons. The molecule has 1 heterocycles. The zero-order valence-electron chi connectivity index (χ0n) is 11.6. The number of carbonyl (C=O) groups excluding carboxylic acids is 1. The van der Waals surface area contributed by atoms with Gasteiger partial charge in [0.15, 0.2) is 0 Å². The molecule has 102 valence electrons. The summed E-state index contributed by atoms with van der Waals surface area (Å²) in [5.41, 5.74) is 0.297. The van der Waals surface area contributed by atoms with E-state index in [4.69, 9.17) is 5.26 Å². The van der Waals surface area contributed by atoms with Gasteiger partial charge in [-0.05, 0) is 5.92 Å². The molecule has 1 aromatic heterocycles. The highest BCUT2D eigenvalue weighted by Crippen LogP contribution is 2.08. The van der Waals surface area contributed by atoms with Crippen LogP contribution in [-0.4, -0.2) is 40.9 Å². The van der Waals surface area contributed by atoms with Crippen LogP contribution in [-0.2, 0) is 0 Å². The Morgan fingerprint density at radius 2 is 2.26 bits per heavy atom. The number of anilines is 1. The number of nitriles is 1. The maximum Gasteiger partial charge on any atom is 0.274 e. The highest BCUT2D eigenvalue weighted by molar-refractivity contribution is 5.92. The first-order valence-corrected chi connectivity index (χ1v) is 6.24. The SMILES string of the molecule is CNc1cncc(C(=O)N(CCC#N)CC(C)C)n1. The van der Waals surface area contributed by atoms with Gasteiger partial charge in [-0.1, -0.05) is 13.8 Å². The number of rotatable bonds is 6. The molecular weight excluding hydrogens is 242 g/mol. The van der Waals surface area contributed by atoms with Crippen LogP contribution in [0.15, 0.2) is 12.4 Å². The topological polar surface area (TPSA) is 81.9 Å². The van der Waals surface area contributed by atoms with Gasteiger partial charge in [-0.2, -0.15) is 5.26 Å². The predicted molar refractivity (Wildman–Crippen MR) is 72.6 cm³/mol. The van der Waals surface area contributed by atoms with Crippen molar-refractivity contribution in [3.8, 4) is 6.07 Å². The fourth-order valence-corrected chi connectivity index (χ4v) is 1.65.